The summed E-state index contributed by atoms with van der Waals surface area (Å²) in [5.41, 5.74) is 0. The highest BCUT2D eigenvalue weighted by atomic mass is 31.2. The van der Waals surface area contributed by atoms with Gasteiger partial charge in [0.15, 0.2) is 6.10 Å². The molecule has 0 aliphatic heterocycles. The van der Waals surface area contributed by atoms with Gasteiger partial charge >= 0.3 is 33.6 Å². The van der Waals surface area contributed by atoms with Gasteiger partial charge in [-0.15, -0.1) is 0 Å². The fraction of sp³-hybridized carbons (Fsp3) is 0.645. The summed E-state index contributed by atoms with van der Waals surface area (Å²) >= 11 is 0. The minimum atomic E-state index is -4.96. The van der Waals surface area contributed by atoms with E-state index < -0.39 is 91.5 Å². The molecule has 0 aliphatic rings. The lowest BCUT2D eigenvalue weighted by atomic mass is 10.0. The molecule has 632 valence electrons. The van der Waals surface area contributed by atoms with E-state index in [0.717, 1.165) is 148 Å². The fourth-order valence-corrected chi connectivity index (χ4v) is 12.8. The average Bonchev–Trinajstić information content (AvgIpc) is 0.901. The van der Waals surface area contributed by atoms with Crippen molar-refractivity contribution in [3.8, 4) is 0 Å². The van der Waals surface area contributed by atoms with Crippen molar-refractivity contribution in [2.24, 2.45) is 0 Å². The van der Waals surface area contributed by atoms with Crippen LogP contribution < -0.4 is 0 Å². The van der Waals surface area contributed by atoms with Crippen LogP contribution >= 0.6 is 15.6 Å². The van der Waals surface area contributed by atoms with Crippen molar-refractivity contribution in [3.05, 3.63) is 182 Å². The van der Waals surface area contributed by atoms with Gasteiger partial charge in [-0.1, -0.05) is 344 Å². The van der Waals surface area contributed by atoms with E-state index in [9.17, 15) is 43.5 Å². The molecular weight excluding hydrogens is 1430 g/mol. The van der Waals surface area contributed by atoms with Crippen LogP contribution in [0.1, 0.15) is 329 Å². The van der Waals surface area contributed by atoms with E-state index in [1.807, 2.05) is 12.2 Å². The Morgan fingerprint density at radius 2 is 0.459 bits per heavy atom. The fourth-order valence-electron chi connectivity index (χ4n) is 11.2. The molecule has 0 saturated carbocycles. The van der Waals surface area contributed by atoms with Crippen LogP contribution in [0.4, 0.5) is 0 Å². The molecule has 5 atom stereocenters. The molecule has 5 unspecified atom stereocenters. The van der Waals surface area contributed by atoms with Crippen LogP contribution in [0, 0.1) is 0 Å². The quantitative estimate of drug-likeness (QED) is 0.0146. The lowest BCUT2D eigenvalue weighted by Gasteiger charge is -2.21. The van der Waals surface area contributed by atoms with E-state index in [-0.39, 0.29) is 19.3 Å². The number of hydrogen-bond donors (Lipinski definition) is 4. The molecular formula is C93H154O16P2. The molecule has 0 bridgehead atoms. The predicted octanol–water partition coefficient (Wildman–Crippen LogP) is 26.1. The second kappa shape index (κ2) is 84.1. The highest BCUT2D eigenvalue weighted by molar-refractivity contribution is 7.47. The summed E-state index contributed by atoms with van der Waals surface area (Å²) in [7, 11) is -9.83. The molecule has 0 aliphatic carbocycles. The van der Waals surface area contributed by atoms with Crippen LogP contribution in [-0.2, 0) is 55.8 Å². The topological polar surface area (TPSA) is 231 Å². The molecule has 0 rings (SSSR count). The van der Waals surface area contributed by atoms with E-state index in [1.54, 1.807) is 0 Å². The van der Waals surface area contributed by atoms with Crippen molar-refractivity contribution >= 4 is 33.6 Å². The zero-order chi connectivity index (χ0) is 80.8. The summed E-state index contributed by atoms with van der Waals surface area (Å²) in [5.74, 6) is -1.65. The van der Waals surface area contributed by atoms with Gasteiger partial charge in [-0.3, -0.25) is 32.5 Å². The SMILES string of the molecule is CC/C=C\C/C=C\C/C=C\C/C=C\C/C=C\CCCCCCCCCCCCCCCCCCCC(=O)OCC(O)COP(=O)(O)OCC(O)COP(=O)(O)OCC(COC(=O)CCCCCCCCCCC/C=C\C/C=C\C/C=C\C/C=C\C/C=C\CC)OC(=O)CCC/C=C\C/C=C\C/C=C\C/C=C\C/C=C\CC. The maximum absolute atomic E-state index is 13.0. The zero-order valence-corrected chi connectivity index (χ0v) is 71.1. The first-order valence-corrected chi connectivity index (χ1v) is 46.1. The number of esters is 3. The first kappa shape index (κ1) is 106. The molecule has 18 heteroatoms. The van der Waals surface area contributed by atoms with E-state index in [1.165, 1.54) is 116 Å². The van der Waals surface area contributed by atoms with Gasteiger partial charge in [-0.05, 0) is 148 Å². The number of ether oxygens (including phenoxy) is 3. The number of unbranched alkanes of at least 4 members (excludes halogenated alkanes) is 27. The Balaban J connectivity index is 4.54. The van der Waals surface area contributed by atoms with E-state index in [0.29, 0.717) is 25.7 Å². The molecule has 0 fully saturated rings. The Morgan fingerprint density at radius 1 is 0.252 bits per heavy atom. The first-order valence-electron chi connectivity index (χ1n) is 43.1. The van der Waals surface area contributed by atoms with Crippen LogP contribution in [0.5, 0.6) is 0 Å². The van der Waals surface area contributed by atoms with Gasteiger partial charge in [0.1, 0.15) is 25.4 Å². The van der Waals surface area contributed by atoms with Crippen LogP contribution in [-0.4, -0.2) is 95.9 Å². The Kier molecular flexibility index (Phi) is 80.0. The lowest BCUT2D eigenvalue weighted by Crippen LogP contribution is -2.30. The summed E-state index contributed by atoms with van der Waals surface area (Å²) in [6.45, 7) is 2.28. The van der Waals surface area contributed by atoms with Crippen LogP contribution in [0.3, 0.4) is 0 Å². The number of phosphoric acid groups is 2. The number of rotatable bonds is 80. The van der Waals surface area contributed by atoms with Gasteiger partial charge in [-0.25, -0.2) is 9.13 Å². The van der Waals surface area contributed by atoms with E-state index in [4.69, 9.17) is 32.3 Å². The van der Waals surface area contributed by atoms with Crippen molar-refractivity contribution in [1.82, 2.24) is 0 Å². The molecule has 0 amide bonds. The number of hydrogen-bond acceptors (Lipinski definition) is 14. The lowest BCUT2D eigenvalue weighted by molar-refractivity contribution is -0.161. The summed E-state index contributed by atoms with van der Waals surface area (Å²) in [6, 6.07) is 0. The van der Waals surface area contributed by atoms with Gasteiger partial charge in [-0.2, -0.15) is 0 Å². The predicted molar refractivity (Wildman–Crippen MR) is 463 cm³/mol. The van der Waals surface area contributed by atoms with Crippen LogP contribution in [0.15, 0.2) is 182 Å². The molecule has 0 heterocycles. The maximum atomic E-state index is 13.0. The third kappa shape index (κ3) is 85.4. The van der Waals surface area contributed by atoms with Gasteiger partial charge in [0.2, 0.25) is 0 Å². The second-order valence-corrected chi connectivity index (χ2v) is 31.1. The van der Waals surface area contributed by atoms with Crippen molar-refractivity contribution in [3.63, 3.8) is 0 Å². The molecule has 16 nitrogen and oxygen atoms in total. The summed E-state index contributed by atoms with van der Waals surface area (Å²) in [5, 5.41) is 20.7. The Hall–Kier alpha value is -5.35. The molecule has 0 saturated heterocycles. The molecule has 0 aromatic carbocycles. The Bertz CT molecular complexity index is 2750. The first-order chi connectivity index (χ1) is 54.2. The van der Waals surface area contributed by atoms with E-state index in [2.05, 4.69) is 191 Å². The third-order valence-electron chi connectivity index (χ3n) is 17.6. The second-order valence-electron chi connectivity index (χ2n) is 28.2. The number of aliphatic hydroxyl groups excluding tert-OH is 2. The van der Waals surface area contributed by atoms with Gasteiger partial charge in [0.05, 0.1) is 26.4 Å². The van der Waals surface area contributed by atoms with Crippen molar-refractivity contribution in [2.45, 2.75) is 347 Å². The third-order valence-corrected chi connectivity index (χ3v) is 19.5. The highest BCUT2D eigenvalue weighted by Crippen LogP contribution is 2.45. The highest BCUT2D eigenvalue weighted by Gasteiger charge is 2.29. The monoisotopic (exact) mass is 1590 g/mol. The molecule has 4 N–H and O–H groups in total. The maximum Gasteiger partial charge on any atom is 0.472 e. The standard InChI is InChI=1S/C93H154O16P2/c1-4-7-10-13-16-19-22-25-28-31-33-35-37-39-40-41-42-43-44-45-46-48-50-51-53-56-58-61-64-67-70-73-76-79-91(96)103-82-88(94)83-105-110(99,100)106-84-89(95)85-107-111(101,102)108-87-90(109-93(98)81-78-75-72-69-66-63-60-55-30-27-24-21-18-15-12-9-6-3)86-104-92(97)80-77-74-71-68-65-62-59-57-54-52-49-47-38-36-34-32-29-26-23-20-17-14-11-8-5-2/h7-12,16-21,25-30,33-36,39-40,47,49,60,63,69,72,88-90,94-95H,4-6,13-15,22-24,31-32,37-38,41-46,48,50-59,61-62,64-68,70-71,73-87H2,1-3H3,(H,99,100)(H,101,102)/b10-7-,11-8-,12-9-,19-16-,20-17-,21-18-,28-25-,29-26-,30-27-,35-33-,36-34-,40-39-,49-47-,63-60-,72-69-. The van der Waals surface area contributed by atoms with Gasteiger partial charge in [0.25, 0.3) is 0 Å². The van der Waals surface area contributed by atoms with Gasteiger partial charge in [0, 0.05) is 19.3 Å². The molecule has 111 heavy (non-hydrogen) atoms. The number of allylic oxidation sites excluding steroid dienone is 30. The minimum absolute atomic E-state index is 0.0194. The van der Waals surface area contributed by atoms with Crippen molar-refractivity contribution in [1.29, 1.82) is 0 Å². The normalized spacial score (nSPS) is 14.8. The van der Waals surface area contributed by atoms with Crippen LogP contribution in [0.25, 0.3) is 0 Å². The molecule has 0 aromatic rings. The number of carbonyl (C=O) groups excluding carboxylic acids is 3. The number of carbonyl (C=O) groups is 3. The summed E-state index contributed by atoms with van der Waals surface area (Å²) < 4.78 is 61.2. The average molecular weight is 1590 g/mol. The zero-order valence-electron chi connectivity index (χ0n) is 69.3. The number of phosphoric ester groups is 2. The number of aliphatic hydroxyl groups is 2. The minimum Gasteiger partial charge on any atom is -0.463 e. The molecule has 0 aromatic heterocycles. The summed E-state index contributed by atoms with van der Waals surface area (Å²) in [6.07, 6.45) is 110. The van der Waals surface area contributed by atoms with Crippen molar-refractivity contribution < 1.29 is 75.8 Å². The molecule has 0 spiro atoms. The molecule has 0 radical (unpaired) electrons. The Morgan fingerprint density at radius 3 is 0.739 bits per heavy atom. The largest absolute Gasteiger partial charge is 0.472 e. The van der Waals surface area contributed by atoms with Crippen molar-refractivity contribution in [2.75, 3.05) is 39.6 Å². The van der Waals surface area contributed by atoms with E-state index >= 15 is 0 Å². The van der Waals surface area contributed by atoms with Crippen LogP contribution in [0.2, 0.25) is 0 Å². The smallest absolute Gasteiger partial charge is 0.463 e. The van der Waals surface area contributed by atoms with Gasteiger partial charge < -0.3 is 34.2 Å². The Labute approximate surface area is 675 Å². The summed E-state index contributed by atoms with van der Waals surface area (Å²) in [4.78, 5) is 58.8.